The molecule has 88 valence electrons. The van der Waals surface area contributed by atoms with Crippen molar-refractivity contribution in [1.29, 1.82) is 0 Å². The van der Waals surface area contributed by atoms with Crippen LogP contribution in [-0.4, -0.2) is 17.4 Å². The lowest BCUT2D eigenvalue weighted by molar-refractivity contribution is 0.0951. The smallest absolute Gasteiger partial charge is 0.252 e. The number of carbonyl (C=O) groups excluding carboxylic acids is 1. The minimum absolute atomic E-state index is 0.0906. The fourth-order valence-corrected chi connectivity index (χ4v) is 2.30. The van der Waals surface area contributed by atoms with Crippen LogP contribution in [0.4, 0.5) is 0 Å². The van der Waals surface area contributed by atoms with E-state index in [0.29, 0.717) is 17.0 Å². The molecule has 1 amide bonds. The molecule has 0 spiro atoms. The molecule has 0 bridgehead atoms. The van der Waals surface area contributed by atoms with Crippen LogP contribution in [0.25, 0.3) is 0 Å². The normalized spacial score (nSPS) is 10.2. The van der Waals surface area contributed by atoms with Crippen molar-refractivity contribution in [3.63, 3.8) is 0 Å². The van der Waals surface area contributed by atoms with Gasteiger partial charge in [-0.1, -0.05) is 12.1 Å². The van der Waals surface area contributed by atoms with Crippen molar-refractivity contribution in [3.05, 3.63) is 46.4 Å². The fourth-order valence-electron chi connectivity index (χ4n) is 1.42. The van der Waals surface area contributed by atoms with Gasteiger partial charge in [0.15, 0.2) is 0 Å². The SMILES string of the molecule is O=C(NCCc1nccs1)c1ccccc1S. The van der Waals surface area contributed by atoms with Crippen molar-refractivity contribution in [2.45, 2.75) is 11.3 Å². The maximum atomic E-state index is 11.8. The van der Waals surface area contributed by atoms with E-state index in [0.717, 1.165) is 11.4 Å². The van der Waals surface area contributed by atoms with E-state index in [1.54, 1.807) is 29.7 Å². The quantitative estimate of drug-likeness (QED) is 0.833. The number of rotatable bonds is 4. The number of amides is 1. The van der Waals surface area contributed by atoms with Gasteiger partial charge in [0.1, 0.15) is 0 Å². The lowest BCUT2D eigenvalue weighted by Crippen LogP contribution is -2.25. The minimum atomic E-state index is -0.0906. The zero-order valence-electron chi connectivity index (χ0n) is 9.09. The van der Waals surface area contributed by atoms with Crippen LogP contribution >= 0.6 is 24.0 Å². The van der Waals surface area contributed by atoms with E-state index in [9.17, 15) is 4.79 Å². The monoisotopic (exact) mass is 264 g/mol. The minimum Gasteiger partial charge on any atom is -0.352 e. The average molecular weight is 264 g/mol. The molecule has 0 unspecified atom stereocenters. The average Bonchev–Trinajstić information content (AvgIpc) is 2.82. The van der Waals surface area contributed by atoms with Crippen LogP contribution in [0.2, 0.25) is 0 Å². The Morgan fingerprint density at radius 1 is 1.41 bits per heavy atom. The predicted molar refractivity (Wildman–Crippen MR) is 71.8 cm³/mol. The third kappa shape index (κ3) is 3.31. The van der Waals surface area contributed by atoms with Crippen molar-refractivity contribution in [2.24, 2.45) is 0 Å². The Morgan fingerprint density at radius 3 is 2.94 bits per heavy atom. The molecule has 0 aliphatic rings. The summed E-state index contributed by atoms with van der Waals surface area (Å²) in [5, 5.41) is 5.82. The first-order chi connectivity index (χ1) is 8.27. The standard InChI is InChI=1S/C12H12N2OS2/c15-12(9-3-1-2-4-10(9)16)14-6-5-11-13-7-8-17-11/h1-4,7-8,16H,5-6H2,(H,14,15). The van der Waals surface area contributed by atoms with Crippen molar-refractivity contribution >= 4 is 29.9 Å². The van der Waals surface area contributed by atoms with Gasteiger partial charge in [-0.05, 0) is 12.1 Å². The second kappa shape index (κ2) is 5.84. The fraction of sp³-hybridized carbons (Fsp3) is 0.167. The molecule has 0 saturated carbocycles. The van der Waals surface area contributed by atoms with Crippen LogP contribution in [0.5, 0.6) is 0 Å². The zero-order valence-corrected chi connectivity index (χ0v) is 10.8. The summed E-state index contributed by atoms with van der Waals surface area (Å²) in [7, 11) is 0. The van der Waals surface area contributed by atoms with Crippen molar-refractivity contribution in [1.82, 2.24) is 10.3 Å². The maximum Gasteiger partial charge on any atom is 0.252 e. The van der Waals surface area contributed by atoms with E-state index < -0.39 is 0 Å². The van der Waals surface area contributed by atoms with Gasteiger partial charge in [-0.15, -0.1) is 24.0 Å². The Bertz CT molecular complexity index is 497. The Kier molecular flexibility index (Phi) is 4.17. The van der Waals surface area contributed by atoms with Gasteiger partial charge in [0.25, 0.3) is 5.91 Å². The van der Waals surface area contributed by atoms with Crippen LogP contribution < -0.4 is 5.32 Å². The van der Waals surface area contributed by atoms with Gasteiger partial charge in [0.05, 0.1) is 10.6 Å². The second-order valence-electron chi connectivity index (χ2n) is 3.45. The molecule has 0 atom stereocenters. The molecule has 0 radical (unpaired) electrons. The van der Waals surface area contributed by atoms with Crippen molar-refractivity contribution < 1.29 is 4.79 Å². The molecule has 2 aromatic rings. The van der Waals surface area contributed by atoms with Gasteiger partial charge in [0, 0.05) is 29.4 Å². The molecule has 3 nitrogen and oxygen atoms in total. The molecule has 0 aliphatic carbocycles. The summed E-state index contributed by atoms with van der Waals surface area (Å²) < 4.78 is 0. The Morgan fingerprint density at radius 2 is 2.24 bits per heavy atom. The molecule has 0 saturated heterocycles. The Labute approximate surface area is 109 Å². The van der Waals surface area contributed by atoms with Gasteiger partial charge < -0.3 is 5.32 Å². The molecule has 1 N–H and O–H groups in total. The molecule has 0 aliphatic heterocycles. The van der Waals surface area contributed by atoms with Crippen LogP contribution in [0.15, 0.2) is 40.7 Å². The summed E-state index contributed by atoms with van der Waals surface area (Å²) in [6.07, 6.45) is 2.53. The number of carbonyl (C=O) groups is 1. The van der Waals surface area contributed by atoms with E-state index in [1.165, 1.54) is 0 Å². The zero-order chi connectivity index (χ0) is 12.1. The molecule has 5 heteroatoms. The summed E-state index contributed by atoms with van der Waals surface area (Å²) in [6, 6.07) is 7.25. The number of nitrogens with zero attached hydrogens (tertiary/aromatic N) is 1. The lowest BCUT2D eigenvalue weighted by atomic mass is 10.2. The van der Waals surface area contributed by atoms with Gasteiger partial charge in [-0.2, -0.15) is 0 Å². The highest BCUT2D eigenvalue weighted by Gasteiger charge is 2.07. The molecular formula is C12H12N2OS2. The largest absolute Gasteiger partial charge is 0.352 e. The maximum absolute atomic E-state index is 11.8. The topological polar surface area (TPSA) is 42.0 Å². The number of hydrogen-bond acceptors (Lipinski definition) is 4. The van der Waals surface area contributed by atoms with Crippen LogP contribution in [-0.2, 0) is 6.42 Å². The number of nitrogens with one attached hydrogen (secondary N) is 1. The first-order valence-electron chi connectivity index (χ1n) is 5.22. The van der Waals surface area contributed by atoms with E-state index in [4.69, 9.17) is 0 Å². The first-order valence-corrected chi connectivity index (χ1v) is 6.54. The van der Waals surface area contributed by atoms with Crippen LogP contribution in [0.3, 0.4) is 0 Å². The number of thiol groups is 1. The summed E-state index contributed by atoms with van der Waals surface area (Å²) in [4.78, 5) is 16.7. The molecule has 1 heterocycles. The summed E-state index contributed by atoms with van der Waals surface area (Å²) in [5.74, 6) is -0.0906. The summed E-state index contributed by atoms with van der Waals surface area (Å²) in [5.41, 5.74) is 0.606. The highest BCUT2D eigenvalue weighted by Crippen LogP contribution is 2.12. The third-order valence-electron chi connectivity index (χ3n) is 2.26. The summed E-state index contributed by atoms with van der Waals surface area (Å²) in [6.45, 7) is 0.592. The molecule has 0 fully saturated rings. The number of benzene rings is 1. The first kappa shape index (κ1) is 12.1. The van der Waals surface area contributed by atoms with Gasteiger partial charge in [-0.25, -0.2) is 4.98 Å². The highest BCUT2D eigenvalue weighted by molar-refractivity contribution is 7.80. The predicted octanol–water partition coefficient (Wildman–Crippen LogP) is 2.40. The van der Waals surface area contributed by atoms with Gasteiger partial charge in [-0.3, -0.25) is 4.79 Å². The molecule has 1 aromatic carbocycles. The summed E-state index contributed by atoms with van der Waals surface area (Å²) >= 11 is 5.84. The second-order valence-corrected chi connectivity index (χ2v) is 4.91. The molecular weight excluding hydrogens is 252 g/mol. The van der Waals surface area contributed by atoms with Crippen molar-refractivity contribution in [2.75, 3.05) is 6.54 Å². The van der Waals surface area contributed by atoms with Crippen LogP contribution in [0, 0.1) is 0 Å². The van der Waals surface area contributed by atoms with E-state index >= 15 is 0 Å². The Balaban J connectivity index is 1.88. The van der Waals surface area contributed by atoms with Gasteiger partial charge in [0.2, 0.25) is 0 Å². The molecule has 2 rings (SSSR count). The van der Waals surface area contributed by atoms with E-state index in [1.807, 2.05) is 17.5 Å². The lowest BCUT2D eigenvalue weighted by Gasteiger charge is -2.05. The number of hydrogen-bond donors (Lipinski definition) is 2. The van der Waals surface area contributed by atoms with Gasteiger partial charge >= 0.3 is 0 Å². The number of thiazole rings is 1. The van der Waals surface area contributed by atoms with Crippen LogP contribution in [0.1, 0.15) is 15.4 Å². The third-order valence-corrected chi connectivity index (χ3v) is 3.49. The molecule has 17 heavy (non-hydrogen) atoms. The number of aromatic nitrogens is 1. The Hall–Kier alpha value is -1.33. The van der Waals surface area contributed by atoms with Crippen molar-refractivity contribution in [3.8, 4) is 0 Å². The van der Waals surface area contributed by atoms with E-state index in [2.05, 4.69) is 22.9 Å². The van der Waals surface area contributed by atoms with E-state index in [-0.39, 0.29) is 5.91 Å². The molecule has 1 aromatic heterocycles. The highest BCUT2D eigenvalue weighted by atomic mass is 32.1.